The van der Waals surface area contributed by atoms with Gasteiger partial charge in [0.05, 0.1) is 17.0 Å². The maximum Gasteiger partial charge on any atom is 0.261 e. The summed E-state index contributed by atoms with van der Waals surface area (Å²) in [5.74, 6) is -1.79. The van der Waals surface area contributed by atoms with E-state index < -0.39 is 25.7 Å². The van der Waals surface area contributed by atoms with E-state index in [1.54, 1.807) is 0 Å². The van der Waals surface area contributed by atoms with Crippen molar-refractivity contribution in [3.8, 4) is 5.75 Å². The maximum atomic E-state index is 13.6. The summed E-state index contributed by atoms with van der Waals surface area (Å²) in [7, 11) is 0.997. The summed E-state index contributed by atoms with van der Waals surface area (Å²) in [5.41, 5.74) is -0.179. The molecule has 17 heavy (non-hydrogen) atoms. The molecule has 0 aromatic heterocycles. The van der Waals surface area contributed by atoms with E-state index in [0.29, 0.717) is 0 Å². The molecule has 92 valence electrons. The zero-order chi connectivity index (χ0) is 12.6. The number of hydrogen-bond acceptors (Lipinski definition) is 4. The van der Waals surface area contributed by atoms with E-state index in [9.17, 15) is 17.6 Å². The lowest BCUT2D eigenvalue weighted by atomic mass is 10.2. The van der Waals surface area contributed by atoms with Crippen LogP contribution in [-0.4, -0.2) is 27.5 Å². The fraction of sp³-hybridized carbons (Fsp3) is 0.222. The Morgan fingerprint density at radius 2 is 2.12 bits per heavy atom. The van der Waals surface area contributed by atoms with Crippen LogP contribution in [0.2, 0.25) is 0 Å². The van der Waals surface area contributed by atoms with Gasteiger partial charge >= 0.3 is 0 Å². The van der Waals surface area contributed by atoms with Crippen molar-refractivity contribution in [2.24, 2.45) is 0 Å². The van der Waals surface area contributed by atoms with Gasteiger partial charge in [-0.25, -0.2) is 12.8 Å². The van der Waals surface area contributed by atoms with Crippen molar-refractivity contribution in [1.82, 2.24) is 5.32 Å². The van der Waals surface area contributed by atoms with E-state index in [-0.39, 0.29) is 24.5 Å². The first-order valence-corrected chi connectivity index (χ1v) is 6.90. The highest BCUT2D eigenvalue weighted by atomic mass is 35.7. The number of ether oxygens (including phenoxy) is 1. The molecule has 0 spiro atoms. The second-order valence-electron chi connectivity index (χ2n) is 3.32. The van der Waals surface area contributed by atoms with Crippen LogP contribution in [0.3, 0.4) is 0 Å². The van der Waals surface area contributed by atoms with Crippen molar-refractivity contribution in [3.63, 3.8) is 0 Å². The van der Waals surface area contributed by atoms with Gasteiger partial charge in [0, 0.05) is 10.7 Å². The first-order chi connectivity index (χ1) is 7.89. The van der Waals surface area contributed by atoms with Crippen molar-refractivity contribution in [2.75, 3.05) is 13.2 Å². The Morgan fingerprint density at radius 1 is 1.41 bits per heavy atom. The number of carbonyl (C=O) groups is 1. The molecular formula is C9H7ClFNO4S. The van der Waals surface area contributed by atoms with Crippen LogP contribution in [0.5, 0.6) is 5.75 Å². The highest BCUT2D eigenvalue weighted by Crippen LogP contribution is 2.29. The zero-order valence-electron chi connectivity index (χ0n) is 8.37. The van der Waals surface area contributed by atoms with E-state index in [0.717, 1.165) is 12.1 Å². The normalized spacial score (nSPS) is 15.5. The minimum atomic E-state index is -4.10. The molecule has 5 nitrogen and oxygen atoms in total. The molecule has 1 aromatic rings. The number of amides is 1. The highest BCUT2D eigenvalue weighted by molar-refractivity contribution is 8.13. The molecule has 0 saturated heterocycles. The van der Waals surface area contributed by atoms with Crippen LogP contribution in [-0.2, 0) is 9.05 Å². The predicted molar refractivity (Wildman–Crippen MR) is 57.3 cm³/mol. The Balaban J connectivity index is 2.67. The monoisotopic (exact) mass is 279 g/mol. The summed E-state index contributed by atoms with van der Waals surface area (Å²) >= 11 is 0. The van der Waals surface area contributed by atoms with E-state index in [4.69, 9.17) is 15.4 Å². The maximum absolute atomic E-state index is 13.6. The Labute approximate surface area is 101 Å². The van der Waals surface area contributed by atoms with Crippen molar-refractivity contribution in [3.05, 3.63) is 23.5 Å². The minimum absolute atomic E-state index is 0.114. The lowest BCUT2D eigenvalue weighted by Gasteiger charge is -2.07. The molecule has 0 fully saturated rings. The molecule has 2 rings (SSSR count). The Hall–Kier alpha value is -1.34. The molecule has 1 aliphatic heterocycles. The molecule has 0 bridgehead atoms. The number of carbonyl (C=O) groups excluding carboxylic acids is 1. The van der Waals surface area contributed by atoms with Crippen LogP contribution >= 0.6 is 10.7 Å². The fourth-order valence-corrected chi connectivity index (χ4v) is 2.21. The fourth-order valence-electron chi connectivity index (χ4n) is 1.44. The molecule has 1 heterocycles. The van der Waals surface area contributed by atoms with E-state index in [2.05, 4.69) is 5.32 Å². The molecule has 0 aliphatic carbocycles. The Kier molecular flexibility index (Phi) is 2.96. The number of fused-ring (bicyclic) bond motifs is 1. The average molecular weight is 280 g/mol. The quantitative estimate of drug-likeness (QED) is 0.775. The lowest BCUT2D eigenvalue weighted by molar-refractivity contribution is 0.0956. The number of hydrogen-bond donors (Lipinski definition) is 1. The predicted octanol–water partition coefficient (Wildman–Crippen LogP) is 0.875. The van der Waals surface area contributed by atoms with Crippen molar-refractivity contribution in [1.29, 1.82) is 0 Å². The molecular weight excluding hydrogens is 273 g/mol. The van der Waals surface area contributed by atoms with Crippen LogP contribution in [0.25, 0.3) is 0 Å². The summed E-state index contributed by atoms with van der Waals surface area (Å²) in [6, 6.07) is 1.71. The van der Waals surface area contributed by atoms with Gasteiger partial charge in [-0.15, -0.1) is 0 Å². The Bertz CT molecular complexity index is 587. The zero-order valence-corrected chi connectivity index (χ0v) is 9.94. The summed E-state index contributed by atoms with van der Waals surface area (Å²) in [5, 5.41) is 2.44. The van der Waals surface area contributed by atoms with Crippen LogP contribution in [0.4, 0.5) is 4.39 Å². The second kappa shape index (κ2) is 4.15. The molecule has 0 saturated carbocycles. The van der Waals surface area contributed by atoms with Gasteiger partial charge < -0.3 is 10.1 Å². The van der Waals surface area contributed by atoms with Crippen molar-refractivity contribution >= 4 is 25.6 Å². The van der Waals surface area contributed by atoms with E-state index >= 15 is 0 Å². The standard InChI is InChI=1S/C9H7ClFNO4S/c10-17(14,15)5-3-6-8(7(11)4-5)16-2-1-12-9(6)13/h3-4H,1-2H2,(H,12,13). The molecule has 0 unspecified atom stereocenters. The summed E-state index contributed by atoms with van der Waals surface area (Å²) in [6.45, 7) is 0.332. The molecule has 1 N–H and O–H groups in total. The van der Waals surface area contributed by atoms with E-state index in [1.807, 2.05) is 0 Å². The molecule has 0 radical (unpaired) electrons. The smallest absolute Gasteiger partial charge is 0.261 e. The topological polar surface area (TPSA) is 72.5 Å². The molecule has 1 amide bonds. The van der Waals surface area contributed by atoms with Gasteiger partial charge in [0.2, 0.25) is 0 Å². The highest BCUT2D eigenvalue weighted by Gasteiger charge is 2.24. The first kappa shape index (κ1) is 12.1. The number of rotatable bonds is 1. The third kappa shape index (κ3) is 2.34. The SMILES string of the molecule is O=C1NCCOc2c(F)cc(S(=O)(=O)Cl)cc21. The average Bonchev–Trinajstić information content (AvgIpc) is 2.40. The third-order valence-electron chi connectivity index (χ3n) is 2.18. The number of halogens is 2. The Morgan fingerprint density at radius 3 is 2.76 bits per heavy atom. The van der Waals surface area contributed by atoms with Gasteiger partial charge in [-0.1, -0.05) is 0 Å². The summed E-state index contributed by atoms with van der Waals surface area (Å²) in [4.78, 5) is 11.1. The molecule has 8 heteroatoms. The van der Waals surface area contributed by atoms with Gasteiger partial charge in [-0.3, -0.25) is 4.79 Å². The van der Waals surface area contributed by atoms with Crippen LogP contribution < -0.4 is 10.1 Å². The second-order valence-corrected chi connectivity index (χ2v) is 5.89. The minimum Gasteiger partial charge on any atom is -0.488 e. The molecule has 0 atom stereocenters. The summed E-state index contributed by atoms with van der Waals surface area (Å²) < 4.78 is 40.8. The van der Waals surface area contributed by atoms with Gasteiger partial charge in [0.1, 0.15) is 6.61 Å². The lowest BCUT2D eigenvalue weighted by Crippen LogP contribution is -2.24. The van der Waals surface area contributed by atoms with Crippen molar-refractivity contribution < 1.29 is 22.3 Å². The summed E-state index contributed by atoms with van der Waals surface area (Å²) in [6.07, 6.45) is 0. The van der Waals surface area contributed by atoms with Gasteiger partial charge in [-0.2, -0.15) is 0 Å². The van der Waals surface area contributed by atoms with Gasteiger partial charge in [-0.05, 0) is 12.1 Å². The van der Waals surface area contributed by atoms with Crippen LogP contribution in [0.15, 0.2) is 17.0 Å². The van der Waals surface area contributed by atoms with Crippen molar-refractivity contribution in [2.45, 2.75) is 4.90 Å². The first-order valence-electron chi connectivity index (χ1n) is 4.59. The number of benzene rings is 1. The van der Waals surface area contributed by atoms with Gasteiger partial charge in [0.25, 0.3) is 15.0 Å². The molecule has 1 aliphatic rings. The van der Waals surface area contributed by atoms with Crippen LogP contribution in [0.1, 0.15) is 10.4 Å². The molecule has 1 aromatic carbocycles. The number of nitrogens with one attached hydrogen (secondary N) is 1. The van der Waals surface area contributed by atoms with Gasteiger partial charge in [0.15, 0.2) is 11.6 Å². The van der Waals surface area contributed by atoms with Crippen LogP contribution in [0, 0.1) is 5.82 Å². The largest absolute Gasteiger partial charge is 0.488 e. The third-order valence-corrected chi connectivity index (χ3v) is 3.51. The van der Waals surface area contributed by atoms with E-state index in [1.165, 1.54) is 0 Å².